The Labute approximate surface area is 150 Å². The zero-order valence-corrected chi connectivity index (χ0v) is 14.5. The summed E-state index contributed by atoms with van der Waals surface area (Å²) in [4.78, 5) is 19.7. The van der Waals surface area contributed by atoms with Crippen LogP contribution in [0.1, 0.15) is 46.2 Å². The van der Waals surface area contributed by atoms with E-state index in [0.29, 0.717) is 11.1 Å². The molecule has 1 aliphatic rings. The Hall–Kier alpha value is -2.71. The number of rotatable bonds is 2. The van der Waals surface area contributed by atoms with Crippen molar-refractivity contribution in [2.75, 3.05) is 6.54 Å². The maximum absolute atomic E-state index is 13.0. The van der Waals surface area contributed by atoms with Crippen molar-refractivity contribution in [1.82, 2.24) is 9.88 Å². The smallest absolute Gasteiger partial charge is 0.254 e. The Morgan fingerprint density at radius 1 is 1.16 bits per heavy atom. The number of benzene rings is 2. The molecule has 0 unspecified atom stereocenters. The lowest BCUT2D eigenvalue weighted by Crippen LogP contribution is -2.38. The molecule has 0 radical (unpaired) electrons. The quantitative estimate of drug-likeness (QED) is 0.684. The standard InChI is InChI=1S/C20H17N3OS/c21-13-14-8-10-15(11-9-14)20(24)23-12-4-3-6-17(23)19-22-16-5-1-2-7-18(16)25-19/h1-2,5,7-11,17H,3-4,6,12H2/t17-/m0/s1. The third kappa shape index (κ3) is 3.01. The van der Waals surface area contributed by atoms with E-state index in [0.717, 1.165) is 41.0 Å². The van der Waals surface area contributed by atoms with Crippen LogP contribution >= 0.6 is 11.3 Å². The van der Waals surface area contributed by atoms with E-state index in [1.165, 1.54) is 0 Å². The number of carbonyl (C=O) groups excluding carboxylic acids is 1. The molecule has 0 saturated carbocycles. The summed E-state index contributed by atoms with van der Waals surface area (Å²) in [6.45, 7) is 0.749. The molecule has 1 atom stereocenters. The molecule has 1 saturated heterocycles. The van der Waals surface area contributed by atoms with Crippen LogP contribution in [0.2, 0.25) is 0 Å². The van der Waals surface area contributed by atoms with Gasteiger partial charge in [0.05, 0.1) is 27.9 Å². The Morgan fingerprint density at radius 2 is 1.96 bits per heavy atom. The number of para-hydroxylation sites is 1. The molecule has 2 aromatic carbocycles. The van der Waals surface area contributed by atoms with Crippen LogP contribution in [0.3, 0.4) is 0 Å². The molecule has 5 heteroatoms. The van der Waals surface area contributed by atoms with Crippen LogP contribution in [-0.2, 0) is 0 Å². The van der Waals surface area contributed by atoms with Gasteiger partial charge in [-0.25, -0.2) is 4.98 Å². The van der Waals surface area contributed by atoms with E-state index in [1.807, 2.05) is 23.1 Å². The van der Waals surface area contributed by atoms with Crippen molar-refractivity contribution in [3.05, 3.63) is 64.7 Å². The van der Waals surface area contributed by atoms with Crippen LogP contribution in [0.25, 0.3) is 10.2 Å². The Kier molecular flexibility index (Phi) is 4.21. The number of hydrogen-bond donors (Lipinski definition) is 0. The molecule has 1 aromatic heterocycles. The number of amides is 1. The minimum atomic E-state index is 0.0217. The minimum Gasteiger partial charge on any atom is -0.329 e. The summed E-state index contributed by atoms with van der Waals surface area (Å²) in [5.41, 5.74) is 2.20. The Morgan fingerprint density at radius 3 is 2.72 bits per heavy atom. The van der Waals surface area contributed by atoms with Crippen molar-refractivity contribution in [1.29, 1.82) is 5.26 Å². The highest BCUT2D eigenvalue weighted by Crippen LogP contribution is 2.36. The number of nitrogens with zero attached hydrogens (tertiary/aromatic N) is 3. The molecule has 1 fully saturated rings. The Balaban J connectivity index is 1.66. The maximum atomic E-state index is 13.0. The van der Waals surface area contributed by atoms with E-state index in [1.54, 1.807) is 35.6 Å². The normalized spacial score (nSPS) is 17.4. The highest BCUT2D eigenvalue weighted by atomic mass is 32.1. The topological polar surface area (TPSA) is 57.0 Å². The number of carbonyl (C=O) groups is 1. The predicted molar refractivity (Wildman–Crippen MR) is 98.4 cm³/mol. The number of aromatic nitrogens is 1. The van der Waals surface area contributed by atoms with Gasteiger partial charge in [0.2, 0.25) is 0 Å². The van der Waals surface area contributed by atoms with Crippen LogP contribution < -0.4 is 0 Å². The fourth-order valence-electron chi connectivity index (χ4n) is 3.32. The van der Waals surface area contributed by atoms with Gasteiger partial charge in [0.1, 0.15) is 5.01 Å². The molecule has 4 rings (SSSR count). The van der Waals surface area contributed by atoms with Gasteiger partial charge in [-0.15, -0.1) is 11.3 Å². The third-order valence-corrected chi connectivity index (χ3v) is 5.76. The molecule has 4 nitrogen and oxygen atoms in total. The lowest BCUT2D eigenvalue weighted by Gasteiger charge is -2.34. The van der Waals surface area contributed by atoms with Crippen molar-refractivity contribution in [2.24, 2.45) is 0 Å². The molecule has 1 aliphatic heterocycles. The fraction of sp³-hybridized carbons (Fsp3) is 0.250. The fourth-order valence-corrected chi connectivity index (χ4v) is 4.43. The van der Waals surface area contributed by atoms with E-state index in [9.17, 15) is 4.79 Å². The maximum Gasteiger partial charge on any atom is 0.254 e. The predicted octanol–water partition coefficient (Wildman–Crippen LogP) is 4.54. The summed E-state index contributed by atoms with van der Waals surface area (Å²) < 4.78 is 1.16. The monoisotopic (exact) mass is 347 g/mol. The SMILES string of the molecule is N#Cc1ccc(C(=O)N2CCCC[C@H]2c2nc3ccccc3s2)cc1. The van der Waals surface area contributed by atoms with Gasteiger partial charge in [0.25, 0.3) is 5.91 Å². The van der Waals surface area contributed by atoms with Gasteiger partial charge >= 0.3 is 0 Å². The van der Waals surface area contributed by atoms with E-state index < -0.39 is 0 Å². The van der Waals surface area contributed by atoms with Gasteiger partial charge in [-0.1, -0.05) is 12.1 Å². The van der Waals surface area contributed by atoms with E-state index in [-0.39, 0.29) is 11.9 Å². The van der Waals surface area contributed by atoms with Crippen LogP contribution in [0.15, 0.2) is 48.5 Å². The summed E-state index contributed by atoms with van der Waals surface area (Å²) in [7, 11) is 0. The van der Waals surface area contributed by atoms with Gasteiger partial charge in [-0.05, 0) is 55.7 Å². The molecule has 3 aromatic rings. The average Bonchev–Trinajstić information content (AvgIpc) is 3.11. The Bertz CT molecular complexity index is 922. The highest BCUT2D eigenvalue weighted by molar-refractivity contribution is 7.18. The lowest BCUT2D eigenvalue weighted by molar-refractivity contribution is 0.0611. The van der Waals surface area contributed by atoms with Crippen molar-refractivity contribution < 1.29 is 4.79 Å². The minimum absolute atomic E-state index is 0.0217. The molecule has 0 N–H and O–H groups in total. The number of likely N-dealkylation sites (tertiary alicyclic amines) is 1. The van der Waals surface area contributed by atoms with E-state index in [2.05, 4.69) is 12.1 Å². The summed E-state index contributed by atoms with van der Waals surface area (Å²) in [5.74, 6) is 0.0217. The average molecular weight is 347 g/mol. The van der Waals surface area contributed by atoms with Gasteiger partial charge in [-0.3, -0.25) is 4.79 Å². The molecular weight excluding hydrogens is 330 g/mol. The van der Waals surface area contributed by atoms with Gasteiger partial charge < -0.3 is 4.90 Å². The zero-order chi connectivity index (χ0) is 17.2. The van der Waals surface area contributed by atoms with Crippen molar-refractivity contribution in [2.45, 2.75) is 25.3 Å². The van der Waals surface area contributed by atoms with Crippen LogP contribution in [-0.4, -0.2) is 22.3 Å². The van der Waals surface area contributed by atoms with Crippen LogP contribution in [0, 0.1) is 11.3 Å². The second-order valence-corrected chi connectivity index (χ2v) is 7.28. The summed E-state index contributed by atoms with van der Waals surface area (Å²) in [6, 6.07) is 17.1. The van der Waals surface area contributed by atoms with Crippen molar-refractivity contribution >= 4 is 27.5 Å². The van der Waals surface area contributed by atoms with Gasteiger partial charge in [-0.2, -0.15) is 5.26 Å². The third-order valence-electron chi connectivity index (χ3n) is 4.62. The molecule has 25 heavy (non-hydrogen) atoms. The molecular formula is C20H17N3OS. The zero-order valence-electron chi connectivity index (χ0n) is 13.7. The first-order valence-electron chi connectivity index (χ1n) is 8.43. The molecule has 1 amide bonds. The van der Waals surface area contributed by atoms with Gasteiger partial charge in [0, 0.05) is 12.1 Å². The number of nitriles is 1. The van der Waals surface area contributed by atoms with Crippen molar-refractivity contribution in [3.63, 3.8) is 0 Å². The van der Waals surface area contributed by atoms with Gasteiger partial charge in [0.15, 0.2) is 0 Å². The van der Waals surface area contributed by atoms with Crippen LogP contribution in [0.5, 0.6) is 0 Å². The van der Waals surface area contributed by atoms with Crippen molar-refractivity contribution in [3.8, 4) is 6.07 Å². The molecule has 0 bridgehead atoms. The summed E-state index contributed by atoms with van der Waals surface area (Å²) in [5, 5.41) is 9.94. The first-order valence-corrected chi connectivity index (χ1v) is 9.24. The number of fused-ring (bicyclic) bond motifs is 1. The first kappa shape index (κ1) is 15.8. The number of hydrogen-bond acceptors (Lipinski definition) is 4. The highest BCUT2D eigenvalue weighted by Gasteiger charge is 2.30. The largest absolute Gasteiger partial charge is 0.329 e. The molecule has 0 spiro atoms. The lowest BCUT2D eigenvalue weighted by atomic mass is 10.0. The molecule has 0 aliphatic carbocycles. The first-order chi connectivity index (χ1) is 12.3. The van der Waals surface area contributed by atoms with Crippen LogP contribution in [0.4, 0.5) is 0 Å². The van der Waals surface area contributed by atoms with E-state index in [4.69, 9.17) is 10.2 Å². The number of piperidine rings is 1. The molecule has 2 heterocycles. The number of thiazole rings is 1. The summed E-state index contributed by atoms with van der Waals surface area (Å²) in [6.07, 6.45) is 3.07. The second kappa shape index (κ2) is 6.66. The summed E-state index contributed by atoms with van der Waals surface area (Å²) >= 11 is 1.68. The second-order valence-electron chi connectivity index (χ2n) is 6.22. The van der Waals surface area contributed by atoms with E-state index >= 15 is 0 Å². The molecule has 124 valence electrons.